The van der Waals surface area contributed by atoms with Gasteiger partial charge in [0.15, 0.2) is 0 Å². The molecule has 9 aromatic carbocycles. The van der Waals surface area contributed by atoms with Gasteiger partial charge in [-0.05, 0) is 86.5 Å². The van der Waals surface area contributed by atoms with E-state index >= 15 is 0 Å². The summed E-state index contributed by atoms with van der Waals surface area (Å²) < 4.78 is 6.94. The Balaban J connectivity index is 0.982. The average Bonchev–Trinajstić information content (AvgIpc) is 3.91. The normalized spacial score (nSPS) is 12.0. The van der Waals surface area contributed by atoms with Gasteiger partial charge >= 0.3 is 0 Å². The standard InChI is InChI=1S/C58H43N3/c1-59-49-19-7-4-13-46(49)56-43(16-10-22-52(56)59)37-25-31-40(32-26-37)55(41-33-27-38(28-34-41)44-17-11-23-53-57(44)47-14-5-8-20-50(47)60(53)2)42-35-29-39(30-36-42)45-18-12-24-54-58(45)48-15-6-9-21-51(48)61(54)3/h4-36,55H,1-3H3. The predicted molar refractivity (Wildman–Crippen MR) is 259 cm³/mol. The van der Waals surface area contributed by atoms with Crippen LogP contribution in [0, 0.1) is 0 Å². The van der Waals surface area contributed by atoms with Crippen molar-refractivity contribution in [2.24, 2.45) is 21.1 Å². The zero-order chi connectivity index (χ0) is 40.8. The number of benzene rings is 9. The Morgan fingerprint density at radius 3 is 0.820 bits per heavy atom. The maximum Gasteiger partial charge on any atom is 0.0495 e. The molecule has 0 saturated heterocycles. The fourth-order valence-corrected chi connectivity index (χ4v) is 10.5. The van der Waals surface area contributed by atoms with Crippen LogP contribution in [0.1, 0.15) is 22.6 Å². The third kappa shape index (κ3) is 5.37. The van der Waals surface area contributed by atoms with Crippen LogP contribution in [-0.2, 0) is 21.1 Å². The molecule has 0 amide bonds. The van der Waals surface area contributed by atoms with Gasteiger partial charge in [0.25, 0.3) is 0 Å². The van der Waals surface area contributed by atoms with E-state index in [9.17, 15) is 0 Å². The number of aryl methyl sites for hydroxylation is 3. The van der Waals surface area contributed by atoms with E-state index in [1.54, 1.807) is 0 Å². The molecule has 0 unspecified atom stereocenters. The van der Waals surface area contributed by atoms with Crippen LogP contribution in [0.4, 0.5) is 0 Å². The number of aromatic nitrogens is 3. The average molecular weight is 782 g/mol. The summed E-state index contributed by atoms with van der Waals surface area (Å²) in [6, 6.07) is 74.3. The number of fused-ring (bicyclic) bond motifs is 9. The van der Waals surface area contributed by atoms with Crippen molar-refractivity contribution in [3.05, 3.63) is 217 Å². The van der Waals surface area contributed by atoms with Crippen LogP contribution in [0.3, 0.4) is 0 Å². The molecule has 0 bridgehead atoms. The van der Waals surface area contributed by atoms with Gasteiger partial charge in [-0.1, -0.05) is 164 Å². The lowest BCUT2D eigenvalue weighted by Crippen LogP contribution is -2.03. The quantitative estimate of drug-likeness (QED) is 0.149. The first-order valence-corrected chi connectivity index (χ1v) is 21.2. The van der Waals surface area contributed by atoms with E-state index in [1.807, 2.05) is 0 Å². The van der Waals surface area contributed by atoms with E-state index in [4.69, 9.17) is 0 Å². The Hall–Kier alpha value is -7.62. The second-order valence-electron chi connectivity index (χ2n) is 16.6. The highest BCUT2D eigenvalue weighted by Crippen LogP contribution is 2.42. The van der Waals surface area contributed by atoms with Gasteiger partial charge in [0, 0.05) is 92.5 Å². The highest BCUT2D eigenvalue weighted by molar-refractivity contribution is 6.17. The Labute approximate surface area is 355 Å². The minimum Gasteiger partial charge on any atom is -0.344 e. The van der Waals surface area contributed by atoms with Crippen molar-refractivity contribution in [2.75, 3.05) is 0 Å². The minimum absolute atomic E-state index is 0.0344. The van der Waals surface area contributed by atoms with E-state index in [2.05, 4.69) is 235 Å². The summed E-state index contributed by atoms with van der Waals surface area (Å²) in [5.74, 6) is 0.0344. The summed E-state index contributed by atoms with van der Waals surface area (Å²) >= 11 is 0. The summed E-state index contributed by atoms with van der Waals surface area (Å²) in [6.45, 7) is 0. The summed E-state index contributed by atoms with van der Waals surface area (Å²) in [5.41, 5.74) is 18.8. The van der Waals surface area contributed by atoms with Crippen LogP contribution in [0.15, 0.2) is 200 Å². The third-order valence-corrected chi connectivity index (χ3v) is 13.5. The van der Waals surface area contributed by atoms with E-state index in [0.29, 0.717) is 0 Å². The van der Waals surface area contributed by atoms with Crippen molar-refractivity contribution in [2.45, 2.75) is 5.92 Å². The van der Waals surface area contributed by atoms with Gasteiger partial charge in [-0.25, -0.2) is 0 Å². The Bertz CT molecular complexity index is 3260. The smallest absolute Gasteiger partial charge is 0.0495 e. The monoisotopic (exact) mass is 781 g/mol. The molecule has 12 aromatic rings. The molecule has 0 N–H and O–H groups in total. The molecule has 0 aliphatic carbocycles. The fourth-order valence-electron chi connectivity index (χ4n) is 10.5. The van der Waals surface area contributed by atoms with Gasteiger partial charge in [0.1, 0.15) is 0 Å². The lowest BCUT2D eigenvalue weighted by atomic mass is 9.83. The molecule has 290 valence electrons. The molecule has 0 fully saturated rings. The topological polar surface area (TPSA) is 14.8 Å². The number of hydrogen-bond donors (Lipinski definition) is 0. The van der Waals surface area contributed by atoms with Gasteiger partial charge in [-0.2, -0.15) is 0 Å². The zero-order valence-corrected chi connectivity index (χ0v) is 34.5. The number of nitrogens with zero attached hydrogens (tertiary/aromatic N) is 3. The first-order chi connectivity index (χ1) is 30.0. The van der Waals surface area contributed by atoms with Crippen molar-refractivity contribution in [1.29, 1.82) is 0 Å². The summed E-state index contributed by atoms with van der Waals surface area (Å²) in [7, 11) is 6.51. The van der Waals surface area contributed by atoms with Crippen LogP contribution in [0.2, 0.25) is 0 Å². The lowest BCUT2D eigenvalue weighted by molar-refractivity contribution is 0.978. The van der Waals surface area contributed by atoms with Crippen LogP contribution in [0.5, 0.6) is 0 Å². The molecular formula is C58H43N3. The van der Waals surface area contributed by atoms with Crippen molar-refractivity contribution >= 4 is 65.4 Å². The van der Waals surface area contributed by atoms with E-state index < -0.39 is 0 Å². The molecule has 3 nitrogen and oxygen atoms in total. The lowest BCUT2D eigenvalue weighted by Gasteiger charge is -2.21. The molecule has 12 rings (SSSR count). The molecule has 0 aliphatic rings. The SMILES string of the molecule is Cn1c2ccccc2c2c(-c3ccc(C(c4ccc(-c5cccc6c5c5ccccc5n6C)cc4)c4ccc(-c5cccc6c5c5ccccc5n6C)cc4)cc3)cccc21. The number of rotatable bonds is 6. The van der Waals surface area contributed by atoms with Crippen LogP contribution >= 0.6 is 0 Å². The molecule has 61 heavy (non-hydrogen) atoms. The van der Waals surface area contributed by atoms with Crippen molar-refractivity contribution in [1.82, 2.24) is 13.7 Å². The van der Waals surface area contributed by atoms with E-state index in [0.717, 1.165) is 0 Å². The molecule has 0 aliphatic heterocycles. The first kappa shape index (κ1) is 35.3. The maximum absolute atomic E-state index is 2.35. The van der Waals surface area contributed by atoms with Crippen LogP contribution in [-0.4, -0.2) is 13.7 Å². The second kappa shape index (κ2) is 13.7. The van der Waals surface area contributed by atoms with Crippen molar-refractivity contribution in [3.63, 3.8) is 0 Å². The predicted octanol–water partition coefficient (Wildman–Crippen LogP) is 14.8. The van der Waals surface area contributed by atoms with Crippen molar-refractivity contribution in [3.8, 4) is 33.4 Å². The van der Waals surface area contributed by atoms with Gasteiger partial charge < -0.3 is 13.7 Å². The molecule has 3 heteroatoms. The minimum atomic E-state index is 0.0344. The van der Waals surface area contributed by atoms with Crippen LogP contribution in [0.25, 0.3) is 98.8 Å². The molecule has 0 atom stereocenters. The second-order valence-corrected chi connectivity index (χ2v) is 16.6. The zero-order valence-electron chi connectivity index (χ0n) is 34.5. The molecule has 3 heterocycles. The maximum atomic E-state index is 2.35. The van der Waals surface area contributed by atoms with E-state index in [-0.39, 0.29) is 5.92 Å². The van der Waals surface area contributed by atoms with Gasteiger partial charge in [-0.3, -0.25) is 0 Å². The molecular weight excluding hydrogens is 739 g/mol. The summed E-state index contributed by atoms with van der Waals surface area (Å²) in [4.78, 5) is 0. The Morgan fingerprint density at radius 1 is 0.262 bits per heavy atom. The highest BCUT2D eigenvalue weighted by atomic mass is 14.9. The fraction of sp³-hybridized carbons (Fsp3) is 0.0690. The van der Waals surface area contributed by atoms with Gasteiger partial charge in [-0.15, -0.1) is 0 Å². The first-order valence-electron chi connectivity index (χ1n) is 21.2. The Morgan fingerprint density at radius 2 is 0.525 bits per heavy atom. The third-order valence-electron chi connectivity index (χ3n) is 13.5. The van der Waals surface area contributed by atoms with Gasteiger partial charge in [0.05, 0.1) is 0 Å². The van der Waals surface area contributed by atoms with Crippen molar-refractivity contribution < 1.29 is 0 Å². The summed E-state index contributed by atoms with van der Waals surface area (Å²) in [5, 5.41) is 7.78. The van der Waals surface area contributed by atoms with E-state index in [1.165, 1.54) is 115 Å². The number of para-hydroxylation sites is 3. The molecule has 3 aromatic heterocycles. The number of hydrogen-bond acceptors (Lipinski definition) is 0. The highest BCUT2D eigenvalue weighted by Gasteiger charge is 2.21. The molecule has 0 saturated carbocycles. The largest absolute Gasteiger partial charge is 0.344 e. The summed E-state index contributed by atoms with van der Waals surface area (Å²) in [6.07, 6.45) is 0. The van der Waals surface area contributed by atoms with Crippen LogP contribution < -0.4 is 0 Å². The molecule has 0 spiro atoms. The Kier molecular flexibility index (Phi) is 7.95. The van der Waals surface area contributed by atoms with Gasteiger partial charge in [0.2, 0.25) is 0 Å². The molecule has 0 radical (unpaired) electrons.